The summed E-state index contributed by atoms with van der Waals surface area (Å²) < 4.78 is 5.39. The van der Waals surface area contributed by atoms with E-state index in [1.807, 2.05) is 20.8 Å². The lowest BCUT2D eigenvalue weighted by Crippen LogP contribution is -2.19. The highest BCUT2D eigenvalue weighted by Gasteiger charge is 2.07. The van der Waals surface area contributed by atoms with Crippen LogP contribution in [0.15, 0.2) is 6.33 Å². The molecule has 1 heterocycles. The molecule has 3 N–H and O–H groups in total. The molecule has 0 aromatic carbocycles. The van der Waals surface area contributed by atoms with Gasteiger partial charge in [0.25, 0.3) is 0 Å². The molecule has 0 bridgehead atoms. The molecule has 0 radical (unpaired) electrons. The Balaban J connectivity index is 2.62. The van der Waals surface area contributed by atoms with Crippen molar-refractivity contribution in [1.29, 1.82) is 0 Å². The molecule has 0 amide bonds. The van der Waals surface area contributed by atoms with E-state index < -0.39 is 0 Å². The third-order valence-electron chi connectivity index (χ3n) is 2.21. The molecule has 0 aliphatic carbocycles. The SMILES string of the molecule is CCOc1ncnc(NCCC(C)N)c1C. The minimum Gasteiger partial charge on any atom is -0.478 e. The van der Waals surface area contributed by atoms with Gasteiger partial charge in [-0.2, -0.15) is 0 Å². The number of anilines is 1. The third kappa shape index (κ3) is 3.66. The van der Waals surface area contributed by atoms with Crippen molar-refractivity contribution in [2.24, 2.45) is 5.73 Å². The number of aromatic nitrogens is 2. The Kier molecular flexibility index (Phi) is 4.98. The van der Waals surface area contributed by atoms with Crippen LogP contribution in [0, 0.1) is 6.92 Å². The van der Waals surface area contributed by atoms with Crippen LogP contribution in [0.4, 0.5) is 5.82 Å². The van der Waals surface area contributed by atoms with Crippen molar-refractivity contribution in [3.05, 3.63) is 11.9 Å². The number of nitrogens with two attached hydrogens (primary N) is 1. The molecule has 90 valence electrons. The molecule has 16 heavy (non-hydrogen) atoms. The molecule has 1 aromatic rings. The van der Waals surface area contributed by atoms with Crippen molar-refractivity contribution in [2.75, 3.05) is 18.5 Å². The number of nitrogens with one attached hydrogen (secondary N) is 1. The zero-order valence-corrected chi connectivity index (χ0v) is 10.2. The monoisotopic (exact) mass is 224 g/mol. The Hall–Kier alpha value is -1.36. The first-order valence-corrected chi connectivity index (χ1v) is 5.59. The second-order valence-electron chi connectivity index (χ2n) is 3.78. The van der Waals surface area contributed by atoms with Crippen LogP contribution in [-0.2, 0) is 0 Å². The highest BCUT2D eigenvalue weighted by molar-refractivity contribution is 5.47. The molecular weight excluding hydrogens is 204 g/mol. The molecular formula is C11H20N4O. The van der Waals surface area contributed by atoms with Crippen LogP contribution in [0.25, 0.3) is 0 Å². The van der Waals surface area contributed by atoms with E-state index in [2.05, 4.69) is 15.3 Å². The predicted octanol–water partition coefficient (Wildman–Crippen LogP) is 1.33. The van der Waals surface area contributed by atoms with E-state index in [0.717, 1.165) is 24.3 Å². The summed E-state index contributed by atoms with van der Waals surface area (Å²) in [5, 5.41) is 3.23. The molecule has 5 nitrogen and oxygen atoms in total. The van der Waals surface area contributed by atoms with E-state index >= 15 is 0 Å². The quantitative estimate of drug-likeness (QED) is 0.762. The zero-order chi connectivity index (χ0) is 12.0. The first-order chi connectivity index (χ1) is 7.65. The largest absolute Gasteiger partial charge is 0.478 e. The van der Waals surface area contributed by atoms with Gasteiger partial charge in [-0.15, -0.1) is 0 Å². The molecule has 0 fully saturated rings. The number of rotatable bonds is 6. The molecule has 1 atom stereocenters. The lowest BCUT2D eigenvalue weighted by molar-refractivity contribution is 0.324. The first-order valence-electron chi connectivity index (χ1n) is 5.59. The summed E-state index contributed by atoms with van der Waals surface area (Å²) in [4.78, 5) is 8.25. The van der Waals surface area contributed by atoms with Crippen molar-refractivity contribution in [1.82, 2.24) is 9.97 Å². The summed E-state index contributed by atoms with van der Waals surface area (Å²) in [6.07, 6.45) is 2.42. The smallest absolute Gasteiger partial charge is 0.221 e. The summed E-state index contributed by atoms with van der Waals surface area (Å²) in [7, 11) is 0. The molecule has 1 rings (SSSR count). The standard InChI is InChI=1S/C11H20N4O/c1-4-16-11-9(3)10(14-7-15-11)13-6-5-8(2)12/h7-8H,4-6,12H2,1-3H3,(H,13,14,15). The van der Waals surface area contributed by atoms with E-state index in [4.69, 9.17) is 10.5 Å². The topological polar surface area (TPSA) is 73.1 Å². The summed E-state index contributed by atoms with van der Waals surface area (Å²) in [5.41, 5.74) is 6.61. The zero-order valence-electron chi connectivity index (χ0n) is 10.2. The third-order valence-corrected chi connectivity index (χ3v) is 2.21. The van der Waals surface area contributed by atoms with Crippen molar-refractivity contribution >= 4 is 5.82 Å². The van der Waals surface area contributed by atoms with Gasteiger partial charge in [0.15, 0.2) is 0 Å². The van der Waals surface area contributed by atoms with E-state index in [-0.39, 0.29) is 6.04 Å². The van der Waals surface area contributed by atoms with Gasteiger partial charge in [0.05, 0.1) is 12.2 Å². The number of ether oxygens (including phenoxy) is 1. The summed E-state index contributed by atoms with van der Waals surface area (Å²) in [5.74, 6) is 1.46. The van der Waals surface area contributed by atoms with E-state index in [1.54, 1.807) is 0 Å². The second-order valence-corrected chi connectivity index (χ2v) is 3.78. The van der Waals surface area contributed by atoms with Gasteiger partial charge in [-0.3, -0.25) is 0 Å². The Morgan fingerprint density at radius 2 is 2.25 bits per heavy atom. The maximum Gasteiger partial charge on any atom is 0.221 e. The van der Waals surface area contributed by atoms with E-state index in [1.165, 1.54) is 6.33 Å². The Labute approximate surface area is 96.4 Å². The van der Waals surface area contributed by atoms with Crippen LogP contribution in [-0.4, -0.2) is 29.2 Å². The average molecular weight is 224 g/mol. The number of nitrogens with zero attached hydrogens (tertiary/aromatic N) is 2. The van der Waals surface area contributed by atoms with Gasteiger partial charge in [-0.25, -0.2) is 9.97 Å². The maximum atomic E-state index is 5.67. The fourth-order valence-electron chi connectivity index (χ4n) is 1.31. The van der Waals surface area contributed by atoms with Crippen molar-refractivity contribution < 1.29 is 4.74 Å². The normalized spacial score (nSPS) is 12.2. The second kappa shape index (κ2) is 6.27. The van der Waals surface area contributed by atoms with Gasteiger partial charge in [0.2, 0.25) is 5.88 Å². The van der Waals surface area contributed by atoms with Gasteiger partial charge in [-0.05, 0) is 27.2 Å². The van der Waals surface area contributed by atoms with E-state index in [9.17, 15) is 0 Å². The summed E-state index contributed by atoms with van der Waals surface area (Å²) >= 11 is 0. The van der Waals surface area contributed by atoms with Crippen LogP contribution >= 0.6 is 0 Å². The summed E-state index contributed by atoms with van der Waals surface area (Å²) in [6.45, 7) is 7.28. The summed E-state index contributed by atoms with van der Waals surface area (Å²) in [6, 6.07) is 0.195. The van der Waals surface area contributed by atoms with E-state index in [0.29, 0.717) is 12.5 Å². The van der Waals surface area contributed by atoms with Crippen molar-refractivity contribution in [2.45, 2.75) is 33.2 Å². The van der Waals surface area contributed by atoms with Gasteiger partial charge >= 0.3 is 0 Å². The first kappa shape index (κ1) is 12.7. The van der Waals surface area contributed by atoms with Crippen LogP contribution in [0.1, 0.15) is 25.8 Å². The number of hydrogen-bond donors (Lipinski definition) is 2. The maximum absolute atomic E-state index is 5.67. The van der Waals surface area contributed by atoms with Gasteiger partial charge < -0.3 is 15.8 Å². The van der Waals surface area contributed by atoms with Crippen LogP contribution in [0.5, 0.6) is 5.88 Å². The predicted molar refractivity (Wildman–Crippen MR) is 64.7 cm³/mol. The Bertz CT molecular complexity index is 328. The lowest BCUT2D eigenvalue weighted by Gasteiger charge is -2.12. The molecule has 5 heteroatoms. The highest BCUT2D eigenvalue weighted by Crippen LogP contribution is 2.19. The minimum atomic E-state index is 0.195. The molecule has 1 unspecified atom stereocenters. The average Bonchev–Trinajstić information content (AvgIpc) is 2.23. The van der Waals surface area contributed by atoms with Crippen molar-refractivity contribution in [3.63, 3.8) is 0 Å². The van der Waals surface area contributed by atoms with Gasteiger partial charge in [-0.1, -0.05) is 0 Å². The Morgan fingerprint density at radius 3 is 2.88 bits per heavy atom. The Morgan fingerprint density at radius 1 is 1.50 bits per heavy atom. The molecule has 0 aliphatic rings. The van der Waals surface area contributed by atoms with Crippen molar-refractivity contribution in [3.8, 4) is 5.88 Å². The molecule has 0 saturated heterocycles. The highest BCUT2D eigenvalue weighted by atomic mass is 16.5. The fourth-order valence-corrected chi connectivity index (χ4v) is 1.31. The molecule has 1 aromatic heterocycles. The molecule has 0 aliphatic heterocycles. The van der Waals surface area contributed by atoms with Gasteiger partial charge in [0, 0.05) is 12.6 Å². The number of hydrogen-bond acceptors (Lipinski definition) is 5. The molecule has 0 spiro atoms. The minimum absolute atomic E-state index is 0.195. The van der Waals surface area contributed by atoms with Crippen LogP contribution in [0.2, 0.25) is 0 Å². The van der Waals surface area contributed by atoms with Crippen LogP contribution < -0.4 is 15.8 Å². The fraction of sp³-hybridized carbons (Fsp3) is 0.636. The lowest BCUT2D eigenvalue weighted by atomic mass is 10.2. The van der Waals surface area contributed by atoms with Gasteiger partial charge in [0.1, 0.15) is 12.1 Å². The molecule has 0 saturated carbocycles. The van der Waals surface area contributed by atoms with Crippen LogP contribution in [0.3, 0.4) is 0 Å².